The maximum Gasteiger partial charge on any atom is 0.316 e. The van der Waals surface area contributed by atoms with E-state index in [-0.39, 0.29) is 0 Å². The molecule has 0 saturated heterocycles. The molecule has 0 aromatic carbocycles. The van der Waals surface area contributed by atoms with Crippen LogP contribution in [0.25, 0.3) is 0 Å². The van der Waals surface area contributed by atoms with Gasteiger partial charge in [-0.25, -0.2) is 0 Å². The van der Waals surface area contributed by atoms with Crippen molar-refractivity contribution in [2.24, 2.45) is 11.8 Å². The molecule has 4 unspecified atom stereocenters. The number of hydrogen-bond acceptors (Lipinski definition) is 4. The van der Waals surface area contributed by atoms with Crippen LogP contribution < -0.4 is 0 Å². The van der Waals surface area contributed by atoms with Crippen molar-refractivity contribution in [3.8, 4) is 0 Å². The predicted octanol–water partition coefficient (Wildman–Crippen LogP) is 5.95. The van der Waals surface area contributed by atoms with Gasteiger partial charge >= 0.3 is 11.9 Å². The van der Waals surface area contributed by atoms with E-state index in [0.29, 0.717) is 24.7 Å². The van der Waals surface area contributed by atoms with Crippen LogP contribution in [0.3, 0.4) is 0 Å². The Morgan fingerprint density at radius 3 is 1.23 bits per heavy atom. The summed E-state index contributed by atoms with van der Waals surface area (Å²) in [5.74, 6) is -0.534. The molecule has 0 aliphatic carbocycles. The second-order valence-electron chi connectivity index (χ2n) is 7.01. The third-order valence-corrected chi connectivity index (χ3v) is 5.63. The molecule has 2 N–H and O–H groups in total. The van der Waals surface area contributed by atoms with Crippen molar-refractivity contribution in [3.63, 3.8) is 0 Å². The van der Waals surface area contributed by atoms with Crippen molar-refractivity contribution in [2.45, 2.75) is 102 Å². The highest BCUT2D eigenvalue weighted by Crippen LogP contribution is 2.21. The molecule has 0 spiro atoms. The summed E-state index contributed by atoms with van der Waals surface area (Å²) < 4.78 is 0. The molecule has 0 amide bonds. The van der Waals surface area contributed by atoms with Crippen LogP contribution in [0, 0.1) is 11.8 Å². The smallest absolute Gasteiger partial charge is 0.316 e. The van der Waals surface area contributed by atoms with E-state index in [2.05, 4.69) is 53.0 Å². The van der Waals surface area contributed by atoms with Gasteiger partial charge in [0.15, 0.2) is 0 Å². The number of carbonyl (C=O) groups is 2. The van der Waals surface area contributed by atoms with Gasteiger partial charge in [0.05, 0.1) is 10.5 Å². The van der Waals surface area contributed by atoms with Gasteiger partial charge in [-0.1, -0.05) is 79.1 Å². The quantitative estimate of drug-likeness (QED) is 0.268. The maximum atomic E-state index is 10.5. The number of carboxylic acid groups (broad SMARTS) is 2. The van der Waals surface area contributed by atoms with Gasteiger partial charge < -0.3 is 10.2 Å². The monoisotopic (exact) mass is 408 g/mol. The molecule has 26 heavy (non-hydrogen) atoms. The second-order valence-corrected chi connectivity index (χ2v) is 8.26. The molecule has 0 saturated carbocycles. The molecule has 4 atom stereocenters. The van der Waals surface area contributed by atoms with Gasteiger partial charge in [-0.05, 0) is 24.7 Å². The van der Waals surface area contributed by atoms with Crippen LogP contribution in [0.4, 0.5) is 0 Å². The summed E-state index contributed by atoms with van der Waals surface area (Å²) in [6.07, 6.45) is 10.5. The van der Waals surface area contributed by atoms with Crippen LogP contribution in [0.5, 0.6) is 0 Å². The van der Waals surface area contributed by atoms with Gasteiger partial charge in [-0.15, -0.1) is 0 Å². The Balaban J connectivity index is 0. The standard InChI is InChI=1S/2C10H20O2S/c2*1-3-5-6-8(4-2)7-9(13)10(11)12/h2*8-9,13H,3-7H2,1-2H3,(H,11,12). The Morgan fingerprint density at radius 1 is 0.731 bits per heavy atom. The molecule has 0 aliphatic rings. The van der Waals surface area contributed by atoms with E-state index in [4.69, 9.17) is 10.2 Å². The van der Waals surface area contributed by atoms with Crippen LogP contribution in [0.1, 0.15) is 91.9 Å². The Kier molecular flexibility index (Phi) is 19.3. The molecule has 0 aromatic heterocycles. The fourth-order valence-corrected chi connectivity index (χ4v) is 3.39. The number of aliphatic carboxylic acids is 2. The van der Waals surface area contributed by atoms with Crippen LogP contribution in [0.2, 0.25) is 0 Å². The van der Waals surface area contributed by atoms with Gasteiger partial charge in [-0.3, -0.25) is 9.59 Å². The molecule has 0 bridgehead atoms. The number of carboxylic acids is 2. The molecule has 0 fully saturated rings. The molecular formula is C20H40O4S2. The lowest BCUT2D eigenvalue weighted by Gasteiger charge is -2.15. The first-order valence-electron chi connectivity index (χ1n) is 10.0. The van der Waals surface area contributed by atoms with Crippen molar-refractivity contribution in [3.05, 3.63) is 0 Å². The van der Waals surface area contributed by atoms with E-state index in [1.807, 2.05) is 0 Å². The van der Waals surface area contributed by atoms with Crippen molar-refractivity contribution >= 4 is 37.2 Å². The fourth-order valence-electron chi connectivity index (χ4n) is 2.80. The lowest BCUT2D eigenvalue weighted by Crippen LogP contribution is -2.17. The maximum absolute atomic E-state index is 10.5. The Morgan fingerprint density at radius 2 is 1.04 bits per heavy atom. The number of rotatable bonds is 14. The van der Waals surface area contributed by atoms with Crippen molar-refractivity contribution in [1.82, 2.24) is 0 Å². The van der Waals surface area contributed by atoms with Gasteiger partial charge in [0.25, 0.3) is 0 Å². The van der Waals surface area contributed by atoms with Crippen molar-refractivity contribution < 1.29 is 19.8 Å². The SMILES string of the molecule is CCCCC(CC)CC(S)C(=O)O.CCCCC(CC)CC(S)C(=O)O. The third kappa shape index (κ3) is 15.9. The lowest BCUT2D eigenvalue weighted by molar-refractivity contribution is -0.137. The average Bonchev–Trinajstić information content (AvgIpc) is 2.61. The number of hydrogen-bond donors (Lipinski definition) is 4. The molecule has 4 nitrogen and oxygen atoms in total. The largest absolute Gasteiger partial charge is 0.480 e. The Bertz CT molecular complexity index is 330. The molecule has 0 rings (SSSR count). The highest BCUT2D eigenvalue weighted by molar-refractivity contribution is 7.82. The second kappa shape index (κ2) is 18.0. The van der Waals surface area contributed by atoms with Gasteiger partial charge in [0.2, 0.25) is 0 Å². The van der Waals surface area contributed by atoms with E-state index in [1.54, 1.807) is 0 Å². The highest BCUT2D eigenvalue weighted by atomic mass is 32.1. The van der Waals surface area contributed by atoms with Crippen LogP contribution in [0.15, 0.2) is 0 Å². The minimum atomic E-state index is -0.793. The zero-order valence-electron chi connectivity index (χ0n) is 17.0. The average molecular weight is 409 g/mol. The lowest BCUT2D eigenvalue weighted by atomic mass is 9.94. The molecule has 156 valence electrons. The molecule has 0 radical (unpaired) electrons. The normalized spacial score (nSPS) is 15.3. The third-order valence-electron chi connectivity index (χ3n) is 4.77. The first kappa shape index (κ1) is 27.9. The van der Waals surface area contributed by atoms with E-state index in [0.717, 1.165) is 25.7 Å². The zero-order chi connectivity index (χ0) is 20.5. The highest BCUT2D eigenvalue weighted by Gasteiger charge is 2.18. The van der Waals surface area contributed by atoms with Gasteiger partial charge in [0.1, 0.15) is 0 Å². The zero-order valence-corrected chi connectivity index (χ0v) is 18.8. The summed E-state index contributed by atoms with van der Waals surface area (Å²) in [7, 11) is 0. The van der Waals surface area contributed by atoms with Gasteiger partial charge in [0, 0.05) is 0 Å². The summed E-state index contributed by atoms with van der Waals surface area (Å²) in [6, 6.07) is 0. The van der Waals surface area contributed by atoms with E-state index in [1.165, 1.54) is 25.7 Å². The topological polar surface area (TPSA) is 74.6 Å². The summed E-state index contributed by atoms with van der Waals surface area (Å²) in [5, 5.41) is 16.4. The Labute approximate surface area is 171 Å². The fraction of sp³-hybridized carbons (Fsp3) is 0.900. The molecule has 6 heteroatoms. The van der Waals surface area contributed by atoms with Crippen molar-refractivity contribution in [2.75, 3.05) is 0 Å². The molecule has 0 heterocycles. The summed E-state index contributed by atoms with van der Waals surface area (Å²) in [5.41, 5.74) is 0. The van der Waals surface area contributed by atoms with E-state index < -0.39 is 22.4 Å². The van der Waals surface area contributed by atoms with Crippen LogP contribution in [-0.2, 0) is 9.59 Å². The number of thiol groups is 2. The summed E-state index contributed by atoms with van der Waals surface area (Å²) in [6.45, 7) is 8.54. The predicted molar refractivity (Wildman–Crippen MR) is 117 cm³/mol. The summed E-state index contributed by atoms with van der Waals surface area (Å²) >= 11 is 8.08. The minimum absolute atomic E-state index is 0.484. The van der Waals surface area contributed by atoms with Gasteiger partial charge in [-0.2, -0.15) is 25.3 Å². The van der Waals surface area contributed by atoms with Crippen molar-refractivity contribution in [1.29, 1.82) is 0 Å². The molecule has 0 aliphatic heterocycles. The molecule has 0 aromatic rings. The van der Waals surface area contributed by atoms with E-state index in [9.17, 15) is 9.59 Å². The first-order valence-corrected chi connectivity index (χ1v) is 11.1. The minimum Gasteiger partial charge on any atom is -0.480 e. The van der Waals surface area contributed by atoms with Crippen LogP contribution >= 0.6 is 25.3 Å². The Hall–Kier alpha value is -0.360. The van der Waals surface area contributed by atoms with E-state index >= 15 is 0 Å². The summed E-state index contributed by atoms with van der Waals surface area (Å²) in [4.78, 5) is 21.1. The first-order chi connectivity index (χ1) is 12.2. The number of unbranched alkanes of at least 4 members (excludes halogenated alkanes) is 2. The van der Waals surface area contributed by atoms with Crippen LogP contribution in [-0.4, -0.2) is 32.7 Å². The molecular weight excluding hydrogens is 368 g/mol.